The Hall–Kier alpha value is -2.37. The second-order valence-electron chi connectivity index (χ2n) is 7.75. The van der Waals surface area contributed by atoms with E-state index in [0.717, 1.165) is 31.0 Å². The summed E-state index contributed by atoms with van der Waals surface area (Å²) in [4.78, 5) is 11.5. The average molecular weight is 402 g/mol. The minimum absolute atomic E-state index is 0.0150. The van der Waals surface area contributed by atoms with E-state index in [1.807, 2.05) is 24.3 Å². The summed E-state index contributed by atoms with van der Waals surface area (Å²) in [6.45, 7) is 10.9. The van der Waals surface area contributed by atoms with Crippen molar-refractivity contribution in [2.75, 3.05) is 6.54 Å². The van der Waals surface area contributed by atoms with Gasteiger partial charge in [0, 0.05) is 30.5 Å². The Morgan fingerprint density at radius 2 is 1.55 bits per heavy atom. The molecule has 0 fully saturated rings. The molecular weight excluding hydrogens is 366 g/mol. The van der Waals surface area contributed by atoms with E-state index in [1.54, 1.807) is 12.1 Å². The van der Waals surface area contributed by atoms with Crippen LogP contribution < -0.4 is 0 Å². The summed E-state index contributed by atoms with van der Waals surface area (Å²) >= 11 is 0. The number of carbonyl (C=O) groups is 1. The van der Waals surface area contributed by atoms with Crippen LogP contribution in [-0.2, 0) is 11.4 Å². The van der Waals surface area contributed by atoms with Crippen LogP contribution in [0, 0.1) is 0 Å². The number of aliphatic hydroxyl groups is 1. The standard InChI is InChI=1S/C22H31NO2.C2H4O2/c1-16(2)23(17(3)4)13-12-20(19-8-6-5-7-9-19)21-14-18(15-24)10-11-22(21)25;1-2(3)4/h5-11,14,16-17,20,24-25H,12-13,15H2,1-4H3;1H3,(H,3,4)/t20-;/m1./s1. The van der Waals surface area contributed by atoms with E-state index in [2.05, 4.69) is 44.7 Å². The first-order chi connectivity index (χ1) is 13.7. The quantitative estimate of drug-likeness (QED) is 0.601. The van der Waals surface area contributed by atoms with Gasteiger partial charge in [-0.2, -0.15) is 0 Å². The maximum absolute atomic E-state index is 10.5. The number of benzene rings is 2. The lowest BCUT2D eigenvalue weighted by Gasteiger charge is -2.32. The first-order valence-corrected chi connectivity index (χ1v) is 10.1. The molecule has 0 aliphatic carbocycles. The summed E-state index contributed by atoms with van der Waals surface area (Å²) in [7, 11) is 0. The number of hydrogen-bond donors (Lipinski definition) is 3. The first kappa shape index (κ1) is 24.7. The maximum atomic E-state index is 10.5. The van der Waals surface area contributed by atoms with Crippen molar-refractivity contribution in [3.8, 4) is 5.75 Å². The molecule has 0 bridgehead atoms. The number of carboxylic acids is 1. The minimum atomic E-state index is -0.833. The molecular formula is C24H35NO4. The molecule has 0 saturated carbocycles. The third-order valence-electron chi connectivity index (χ3n) is 4.85. The zero-order valence-electron chi connectivity index (χ0n) is 18.2. The van der Waals surface area contributed by atoms with Gasteiger partial charge in [-0.25, -0.2) is 0 Å². The lowest BCUT2D eigenvalue weighted by Crippen LogP contribution is -2.38. The third-order valence-corrected chi connectivity index (χ3v) is 4.85. The van der Waals surface area contributed by atoms with E-state index in [9.17, 15) is 10.2 Å². The van der Waals surface area contributed by atoms with E-state index in [-0.39, 0.29) is 12.5 Å². The van der Waals surface area contributed by atoms with Gasteiger partial charge in [0.1, 0.15) is 5.75 Å². The molecule has 0 amide bonds. The summed E-state index contributed by atoms with van der Waals surface area (Å²) in [6.07, 6.45) is 0.919. The molecule has 0 unspecified atom stereocenters. The molecule has 0 aliphatic rings. The van der Waals surface area contributed by atoms with Crippen LogP contribution in [0.1, 0.15) is 63.6 Å². The summed E-state index contributed by atoms with van der Waals surface area (Å²) in [5.74, 6) is -0.431. The Kier molecular flexibility index (Phi) is 10.4. The highest BCUT2D eigenvalue weighted by molar-refractivity contribution is 5.62. The number of aromatic hydroxyl groups is 1. The van der Waals surface area contributed by atoms with Crippen LogP contribution in [0.3, 0.4) is 0 Å². The van der Waals surface area contributed by atoms with E-state index in [4.69, 9.17) is 9.90 Å². The Bertz CT molecular complexity index is 732. The molecule has 1 atom stereocenters. The van der Waals surface area contributed by atoms with Gasteiger partial charge in [0.15, 0.2) is 0 Å². The third kappa shape index (κ3) is 8.26. The Morgan fingerprint density at radius 3 is 2.03 bits per heavy atom. The molecule has 0 spiro atoms. The molecule has 0 aromatic heterocycles. The maximum Gasteiger partial charge on any atom is 0.300 e. The second kappa shape index (κ2) is 12.2. The van der Waals surface area contributed by atoms with Gasteiger partial charge in [0.05, 0.1) is 6.61 Å². The van der Waals surface area contributed by atoms with Gasteiger partial charge in [-0.15, -0.1) is 0 Å². The minimum Gasteiger partial charge on any atom is -0.508 e. The number of carboxylic acid groups (broad SMARTS) is 1. The number of aliphatic hydroxyl groups excluding tert-OH is 1. The van der Waals surface area contributed by atoms with Gasteiger partial charge in [0.2, 0.25) is 0 Å². The van der Waals surface area contributed by atoms with Gasteiger partial charge in [-0.3, -0.25) is 9.69 Å². The van der Waals surface area contributed by atoms with Crippen molar-refractivity contribution in [1.82, 2.24) is 4.90 Å². The normalized spacial score (nSPS) is 12.0. The van der Waals surface area contributed by atoms with Crippen LogP contribution >= 0.6 is 0 Å². The topological polar surface area (TPSA) is 81.0 Å². The van der Waals surface area contributed by atoms with Crippen molar-refractivity contribution in [2.24, 2.45) is 0 Å². The lowest BCUT2D eigenvalue weighted by molar-refractivity contribution is -0.134. The molecule has 29 heavy (non-hydrogen) atoms. The predicted octanol–water partition coefficient (Wildman–Crippen LogP) is 4.62. The van der Waals surface area contributed by atoms with Crippen LogP contribution in [0.25, 0.3) is 0 Å². The molecule has 160 valence electrons. The molecule has 3 N–H and O–H groups in total. The van der Waals surface area contributed by atoms with E-state index < -0.39 is 5.97 Å². The number of hydrogen-bond acceptors (Lipinski definition) is 4. The highest BCUT2D eigenvalue weighted by Crippen LogP contribution is 2.35. The molecule has 0 saturated heterocycles. The highest BCUT2D eigenvalue weighted by atomic mass is 16.4. The van der Waals surface area contributed by atoms with E-state index in [0.29, 0.717) is 17.8 Å². The summed E-state index contributed by atoms with van der Waals surface area (Å²) in [5.41, 5.74) is 2.92. The molecule has 2 rings (SSSR count). The second-order valence-corrected chi connectivity index (χ2v) is 7.75. The molecule has 0 heterocycles. The molecule has 5 nitrogen and oxygen atoms in total. The Morgan fingerprint density at radius 1 is 1.00 bits per heavy atom. The van der Waals surface area contributed by atoms with Gasteiger partial charge < -0.3 is 15.3 Å². The Labute approximate surface area is 174 Å². The van der Waals surface area contributed by atoms with Crippen LogP contribution in [-0.4, -0.2) is 44.8 Å². The number of aliphatic carboxylic acids is 1. The molecule has 0 radical (unpaired) electrons. The average Bonchev–Trinajstić information content (AvgIpc) is 2.65. The van der Waals surface area contributed by atoms with Gasteiger partial charge in [-0.05, 0) is 63.9 Å². The van der Waals surface area contributed by atoms with Crippen molar-refractivity contribution in [2.45, 2.75) is 65.6 Å². The molecule has 0 aliphatic heterocycles. The summed E-state index contributed by atoms with van der Waals surface area (Å²) in [6, 6.07) is 16.7. The van der Waals surface area contributed by atoms with Crippen LogP contribution in [0.15, 0.2) is 48.5 Å². The first-order valence-electron chi connectivity index (χ1n) is 10.1. The fraction of sp³-hybridized carbons (Fsp3) is 0.458. The molecule has 2 aromatic rings. The van der Waals surface area contributed by atoms with Gasteiger partial charge in [-0.1, -0.05) is 36.4 Å². The SMILES string of the molecule is CC(=O)O.CC(C)N(CC[C@H](c1ccccc1)c1cc(CO)ccc1O)C(C)C. The molecule has 5 heteroatoms. The number of rotatable bonds is 8. The van der Waals surface area contributed by atoms with Crippen molar-refractivity contribution in [1.29, 1.82) is 0 Å². The van der Waals surface area contributed by atoms with Crippen molar-refractivity contribution < 1.29 is 20.1 Å². The number of phenols is 1. The predicted molar refractivity (Wildman–Crippen MR) is 117 cm³/mol. The summed E-state index contributed by atoms with van der Waals surface area (Å²) in [5, 5.41) is 27.3. The molecule has 2 aromatic carbocycles. The zero-order valence-corrected chi connectivity index (χ0v) is 18.2. The monoisotopic (exact) mass is 401 g/mol. The highest BCUT2D eigenvalue weighted by Gasteiger charge is 2.21. The number of nitrogens with zero attached hydrogens (tertiary/aromatic N) is 1. The van der Waals surface area contributed by atoms with Crippen molar-refractivity contribution in [3.63, 3.8) is 0 Å². The summed E-state index contributed by atoms with van der Waals surface area (Å²) < 4.78 is 0. The van der Waals surface area contributed by atoms with Gasteiger partial charge >= 0.3 is 0 Å². The largest absolute Gasteiger partial charge is 0.508 e. The fourth-order valence-electron chi connectivity index (χ4n) is 3.56. The van der Waals surface area contributed by atoms with Crippen molar-refractivity contribution in [3.05, 3.63) is 65.2 Å². The van der Waals surface area contributed by atoms with E-state index >= 15 is 0 Å². The van der Waals surface area contributed by atoms with Crippen molar-refractivity contribution >= 4 is 5.97 Å². The fourth-order valence-corrected chi connectivity index (χ4v) is 3.56. The van der Waals surface area contributed by atoms with Crippen LogP contribution in [0.5, 0.6) is 5.75 Å². The van der Waals surface area contributed by atoms with Crippen LogP contribution in [0.4, 0.5) is 0 Å². The van der Waals surface area contributed by atoms with Gasteiger partial charge in [0.25, 0.3) is 5.97 Å². The lowest BCUT2D eigenvalue weighted by atomic mass is 9.86. The number of phenolic OH excluding ortho intramolecular Hbond substituents is 1. The zero-order chi connectivity index (χ0) is 22.0. The van der Waals surface area contributed by atoms with Crippen LogP contribution in [0.2, 0.25) is 0 Å². The Balaban J connectivity index is 0.000000960. The van der Waals surface area contributed by atoms with E-state index in [1.165, 1.54) is 5.56 Å². The smallest absolute Gasteiger partial charge is 0.300 e.